The van der Waals surface area contributed by atoms with Gasteiger partial charge in [0.15, 0.2) is 0 Å². The van der Waals surface area contributed by atoms with E-state index in [9.17, 15) is 19.2 Å². The van der Waals surface area contributed by atoms with E-state index < -0.39 is 6.04 Å². The molecule has 0 spiro atoms. The van der Waals surface area contributed by atoms with Crippen LogP contribution < -0.4 is 10.6 Å². The van der Waals surface area contributed by atoms with E-state index in [0.717, 1.165) is 0 Å². The van der Waals surface area contributed by atoms with Gasteiger partial charge in [-0.25, -0.2) is 0 Å². The molecule has 0 rings (SSSR count). The van der Waals surface area contributed by atoms with Crippen LogP contribution in [0.1, 0.15) is 52.9 Å². The Morgan fingerprint density at radius 1 is 0.810 bits per heavy atom. The third-order valence-electron chi connectivity index (χ3n) is 3.12. The summed E-state index contributed by atoms with van der Waals surface area (Å²) in [5.74, 6) is -0.265. The highest BCUT2D eigenvalue weighted by molar-refractivity contribution is 5.83. The molecule has 0 aliphatic heterocycles. The number of hydrogen-bond donors (Lipinski definition) is 2. The van der Waals surface area contributed by atoms with Crippen molar-refractivity contribution >= 4 is 23.3 Å². The van der Waals surface area contributed by atoms with Crippen molar-refractivity contribution in [2.75, 3.05) is 7.05 Å². The van der Waals surface area contributed by atoms with Crippen molar-refractivity contribution in [2.45, 2.75) is 65.0 Å². The summed E-state index contributed by atoms with van der Waals surface area (Å²) < 4.78 is 0. The molecular formula is C15H26N2O4. The fourth-order valence-electron chi connectivity index (χ4n) is 2.10. The summed E-state index contributed by atoms with van der Waals surface area (Å²) in [5, 5.41) is 5.72. The second kappa shape index (κ2) is 10.2. The molecule has 0 aliphatic rings. The lowest BCUT2D eigenvalue weighted by Gasteiger charge is -2.19. The standard InChI is InChI=1S/C15H26N2O4/c1-10(18)5-6-13(16-4)9-15(21)17-14(7-11(2)19)8-12(3)20/h13-14,16H,5-9H2,1-4H3,(H,17,21). The smallest absolute Gasteiger partial charge is 0.221 e. The number of amides is 1. The normalized spacial score (nSPS) is 12.0. The monoisotopic (exact) mass is 298 g/mol. The van der Waals surface area contributed by atoms with Crippen LogP contribution in [0.2, 0.25) is 0 Å². The molecule has 120 valence electrons. The van der Waals surface area contributed by atoms with Crippen molar-refractivity contribution in [1.82, 2.24) is 10.6 Å². The molecule has 0 radical (unpaired) electrons. The molecule has 0 aromatic heterocycles. The highest BCUT2D eigenvalue weighted by Crippen LogP contribution is 2.05. The molecule has 1 unspecified atom stereocenters. The Kier molecular flexibility index (Phi) is 9.45. The highest BCUT2D eigenvalue weighted by atomic mass is 16.2. The maximum atomic E-state index is 12.0. The summed E-state index contributed by atoms with van der Waals surface area (Å²) in [6.07, 6.45) is 1.54. The Labute approximate surface area is 126 Å². The number of nitrogens with one attached hydrogen (secondary N) is 2. The first-order chi connectivity index (χ1) is 9.74. The molecule has 6 nitrogen and oxygen atoms in total. The molecule has 0 saturated carbocycles. The van der Waals surface area contributed by atoms with Gasteiger partial charge < -0.3 is 15.4 Å². The quantitative estimate of drug-likeness (QED) is 0.588. The third kappa shape index (κ3) is 10.8. The van der Waals surface area contributed by atoms with E-state index in [-0.39, 0.29) is 48.6 Å². The minimum atomic E-state index is -0.446. The van der Waals surface area contributed by atoms with Gasteiger partial charge in [0.2, 0.25) is 5.91 Å². The predicted octanol–water partition coefficient (Wildman–Crippen LogP) is 0.777. The Morgan fingerprint density at radius 3 is 1.71 bits per heavy atom. The first-order valence-corrected chi connectivity index (χ1v) is 7.19. The SMILES string of the molecule is CNC(CCC(C)=O)CC(=O)NC(CC(C)=O)CC(C)=O. The Morgan fingerprint density at radius 2 is 1.33 bits per heavy atom. The van der Waals surface area contributed by atoms with E-state index in [1.807, 2.05) is 0 Å². The minimum absolute atomic E-state index is 0.0664. The van der Waals surface area contributed by atoms with Gasteiger partial charge in [0.1, 0.15) is 17.3 Å². The fraction of sp³-hybridized carbons (Fsp3) is 0.733. The molecule has 0 bridgehead atoms. The topological polar surface area (TPSA) is 92.3 Å². The van der Waals surface area contributed by atoms with Gasteiger partial charge in [-0.05, 0) is 34.2 Å². The van der Waals surface area contributed by atoms with E-state index in [0.29, 0.717) is 12.8 Å². The van der Waals surface area contributed by atoms with Crippen LogP contribution in [-0.2, 0) is 19.2 Å². The average Bonchev–Trinajstić information content (AvgIpc) is 2.32. The lowest BCUT2D eigenvalue weighted by atomic mass is 10.0. The molecule has 1 atom stereocenters. The van der Waals surface area contributed by atoms with E-state index in [2.05, 4.69) is 10.6 Å². The molecule has 0 aromatic carbocycles. The van der Waals surface area contributed by atoms with Gasteiger partial charge in [0.25, 0.3) is 0 Å². The molecule has 2 N–H and O–H groups in total. The molecule has 0 saturated heterocycles. The first kappa shape index (κ1) is 19.4. The summed E-state index contributed by atoms with van der Waals surface area (Å²) in [6, 6.07) is -0.540. The van der Waals surface area contributed by atoms with Gasteiger partial charge >= 0.3 is 0 Å². The molecule has 21 heavy (non-hydrogen) atoms. The number of carbonyl (C=O) groups is 4. The van der Waals surface area contributed by atoms with Crippen molar-refractivity contribution in [3.8, 4) is 0 Å². The van der Waals surface area contributed by atoms with Gasteiger partial charge in [-0.3, -0.25) is 14.4 Å². The van der Waals surface area contributed by atoms with Crippen LogP contribution >= 0.6 is 0 Å². The minimum Gasteiger partial charge on any atom is -0.352 e. The van der Waals surface area contributed by atoms with Crippen molar-refractivity contribution in [1.29, 1.82) is 0 Å². The van der Waals surface area contributed by atoms with Crippen LogP contribution in [-0.4, -0.2) is 42.4 Å². The molecule has 0 aromatic rings. The van der Waals surface area contributed by atoms with E-state index in [1.54, 1.807) is 7.05 Å². The van der Waals surface area contributed by atoms with Crippen LogP contribution in [0.25, 0.3) is 0 Å². The summed E-state index contributed by atoms with van der Waals surface area (Å²) in [5.41, 5.74) is 0. The highest BCUT2D eigenvalue weighted by Gasteiger charge is 2.19. The molecule has 0 fully saturated rings. The van der Waals surface area contributed by atoms with Gasteiger partial charge in [-0.1, -0.05) is 0 Å². The molecule has 6 heteroatoms. The van der Waals surface area contributed by atoms with Crippen LogP contribution in [0, 0.1) is 0 Å². The Bertz CT molecular complexity index is 377. The zero-order valence-electron chi connectivity index (χ0n) is 13.3. The average molecular weight is 298 g/mol. The third-order valence-corrected chi connectivity index (χ3v) is 3.12. The second-order valence-corrected chi connectivity index (χ2v) is 5.51. The number of hydrogen-bond acceptors (Lipinski definition) is 5. The van der Waals surface area contributed by atoms with Crippen molar-refractivity contribution < 1.29 is 19.2 Å². The maximum absolute atomic E-state index is 12.0. The first-order valence-electron chi connectivity index (χ1n) is 7.19. The largest absolute Gasteiger partial charge is 0.352 e. The summed E-state index contributed by atoms with van der Waals surface area (Å²) in [6.45, 7) is 4.38. The summed E-state index contributed by atoms with van der Waals surface area (Å²) >= 11 is 0. The molecular weight excluding hydrogens is 272 g/mol. The Hall–Kier alpha value is -1.56. The second-order valence-electron chi connectivity index (χ2n) is 5.51. The summed E-state index contributed by atoms with van der Waals surface area (Å²) in [4.78, 5) is 45.3. The number of rotatable bonds is 11. The number of carbonyl (C=O) groups excluding carboxylic acids is 4. The number of Topliss-reactive ketones (excluding diaryl/α,β-unsaturated/α-hetero) is 3. The lowest BCUT2D eigenvalue weighted by molar-refractivity contribution is -0.124. The zero-order chi connectivity index (χ0) is 16.4. The van der Waals surface area contributed by atoms with Gasteiger partial charge in [0.05, 0.1) is 0 Å². The van der Waals surface area contributed by atoms with Gasteiger partial charge in [-0.15, -0.1) is 0 Å². The van der Waals surface area contributed by atoms with Gasteiger partial charge in [0, 0.05) is 37.8 Å². The zero-order valence-corrected chi connectivity index (χ0v) is 13.3. The lowest BCUT2D eigenvalue weighted by Crippen LogP contribution is -2.41. The van der Waals surface area contributed by atoms with Crippen LogP contribution in [0.15, 0.2) is 0 Å². The van der Waals surface area contributed by atoms with Crippen molar-refractivity contribution in [2.24, 2.45) is 0 Å². The fourth-order valence-corrected chi connectivity index (χ4v) is 2.10. The number of ketones is 3. The van der Waals surface area contributed by atoms with E-state index in [1.165, 1.54) is 20.8 Å². The van der Waals surface area contributed by atoms with Gasteiger partial charge in [-0.2, -0.15) is 0 Å². The van der Waals surface area contributed by atoms with Crippen LogP contribution in [0.4, 0.5) is 0 Å². The Balaban J connectivity index is 4.41. The van der Waals surface area contributed by atoms with Crippen molar-refractivity contribution in [3.05, 3.63) is 0 Å². The van der Waals surface area contributed by atoms with E-state index >= 15 is 0 Å². The van der Waals surface area contributed by atoms with Crippen LogP contribution in [0.5, 0.6) is 0 Å². The van der Waals surface area contributed by atoms with Crippen molar-refractivity contribution in [3.63, 3.8) is 0 Å². The molecule has 1 amide bonds. The maximum Gasteiger partial charge on any atom is 0.221 e. The summed E-state index contributed by atoms with van der Waals surface area (Å²) in [7, 11) is 1.74. The predicted molar refractivity (Wildman–Crippen MR) is 79.9 cm³/mol. The van der Waals surface area contributed by atoms with E-state index in [4.69, 9.17) is 0 Å². The molecule has 0 aliphatic carbocycles. The van der Waals surface area contributed by atoms with Crippen LogP contribution in [0.3, 0.4) is 0 Å². The molecule has 0 heterocycles.